The summed E-state index contributed by atoms with van der Waals surface area (Å²) in [5.74, 6) is -1.42. The van der Waals surface area contributed by atoms with E-state index in [1.807, 2.05) is 6.92 Å². The molecule has 0 spiro atoms. The number of urea groups is 1. The van der Waals surface area contributed by atoms with Gasteiger partial charge in [0.15, 0.2) is 0 Å². The lowest BCUT2D eigenvalue weighted by molar-refractivity contribution is -0.148. The normalized spacial score (nSPS) is 20.6. The van der Waals surface area contributed by atoms with Crippen LogP contribution in [0.1, 0.15) is 18.9 Å². The summed E-state index contributed by atoms with van der Waals surface area (Å²) in [6, 6.07) is 3.00. The third kappa shape index (κ3) is 4.43. The number of nitrogens with one attached hydrogen (secondary N) is 1. The van der Waals surface area contributed by atoms with Crippen molar-refractivity contribution in [2.75, 3.05) is 26.7 Å². The van der Waals surface area contributed by atoms with Gasteiger partial charge in [0.2, 0.25) is 0 Å². The van der Waals surface area contributed by atoms with Gasteiger partial charge >= 0.3 is 12.0 Å². The topological polar surface area (TPSA) is 58.6 Å². The second-order valence-electron chi connectivity index (χ2n) is 6.06. The minimum Gasteiger partial charge on any atom is -0.469 e. The first-order valence-corrected chi connectivity index (χ1v) is 7.97. The highest BCUT2D eigenvalue weighted by molar-refractivity contribution is 5.76. The van der Waals surface area contributed by atoms with Crippen molar-refractivity contribution in [3.05, 3.63) is 35.4 Å². The van der Waals surface area contributed by atoms with Gasteiger partial charge in [-0.25, -0.2) is 13.6 Å². The van der Waals surface area contributed by atoms with Crippen molar-refractivity contribution < 1.29 is 23.1 Å². The number of amides is 2. The van der Waals surface area contributed by atoms with Crippen LogP contribution < -0.4 is 5.32 Å². The third-order valence-electron chi connectivity index (χ3n) is 4.37. The highest BCUT2D eigenvalue weighted by Crippen LogP contribution is 2.24. The molecule has 1 aliphatic heterocycles. The van der Waals surface area contributed by atoms with Crippen LogP contribution >= 0.6 is 0 Å². The Labute approximate surface area is 140 Å². The highest BCUT2D eigenvalue weighted by atomic mass is 19.1. The standard InChI is InChI=1S/C17H22F2N2O3/c1-11-10-21(8-6-14(11)16(22)24-2)17(23)20-7-5-12-9-13(18)3-4-15(12)19/h3-4,9,11,14H,5-8,10H2,1-2H3,(H,20,23)/t11-,14+/m1/s1. The molecule has 0 bridgehead atoms. The Morgan fingerprint density at radius 1 is 1.38 bits per heavy atom. The Bertz CT molecular complexity index is 609. The van der Waals surface area contributed by atoms with Crippen molar-refractivity contribution in [3.63, 3.8) is 0 Å². The predicted molar refractivity (Wildman–Crippen MR) is 84.3 cm³/mol. The van der Waals surface area contributed by atoms with Gasteiger partial charge in [-0.1, -0.05) is 6.92 Å². The number of carbonyl (C=O) groups excluding carboxylic acids is 2. The summed E-state index contributed by atoms with van der Waals surface area (Å²) in [6.07, 6.45) is 0.767. The molecular weight excluding hydrogens is 318 g/mol. The number of ether oxygens (including phenoxy) is 1. The largest absolute Gasteiger partial charge is 0.469 e. The zero-order valence-corrected chi connectivity index (χ0v) is 13.9. The van der Waals surface area contributed by atoms with Crippen LogP contribution in [0.25, 0.3) is 0 Å². The zero-order chi connectivity index (χ0) is 17.7. The minimum absolute atomic E-state index is 0.0117. The Balaban J connectivity index is 1.81. The van der Waals surface area contributed by atoms with E-state index in [2.05, 4.69) is 5.32 Å². The van der Waals surface area contributed by atoms with E-state index < -0.39 is 11.6 Å². The van der Waals surface area contributed by atoms with Gasteiger partial charge in [0.05, 0.1) is 13.0 Å². The molecule has 1 aromatic rings. The fraction of sp³-hybridized carbons (Fsp3) is 0.529. The summed E-state index contributed by atoms with van der Waals surface area (Å²) in [4.78, 5) is 25.4. The zero-order valence-electron chi connectivity index (χ0n) is 13.9. The number of carbonyl (C=O) groups is 2. The Morgan fingerprint density at radius 2 is 2.12 bits per heavy atom. The molecule has 0 aromatic heterocycles. The summed E-state index contributed by atoms with van der Waals surface area (Å²) in [6.45, 7) is 3.04. The molecule has 2 amide bonds. The number of rotatable bonds is 4. The van der Waals surface area contributed by atoms with Crippen LogP contribution in [0.5, 0.6) is 0 Å². The van der Waals surface area contributed by atoms with E-state index in [1.54, 1.807) is 4.90 Å². The van der Waals surface area contributed by atoms with Crippen molar-refractivity contribution in [3.8, 4) is 0 Å². The van der Waals surface area contributed by atoms with Gasteiger partial charge in [0.25, 0.3) is 0 Å². The van der Waals surface area contributed by atoms with Gasteiger partial charge < -0.3 is 15.0 Å². The Morgan fingerprint density at radius 3 is 2.79 bits per heavy atom. The number of benzene rings is 1. The maximum Gasteiger partial charge on any atom is 0.317 e. The summed E-state index contributed by atoms with van der Waals surface area (Å²) >= 11 is 0. The van der Waals surface area contributed by atoms with Crippen molar-refractivity contribution >= 4 is 12.0 Å². The van der Waals surface area contributed by atoms with Crippen LogP contribution in [0.15, 0.2) is 18.2 Å². The molecule has 1 aromatic carbocycles. The number of hydrogen-bond donors (Lipinski definition) is 1. The molecule has 5 nitrogen and oxygen atoms in total. The summed E-state index contributed by atoms with van der Waals surface area (Å²) in [5, 5.41) is 2.71. The molecule has 1 aliphatic rings. The molecule has 1 saturated heterocycles. The second kappa shape index (κ2) is 8.08. The predicted octanol–water partition coefficient (Wildman–Crippen LogP) is 2.35. The van der Waals surface area contributed by atoms with E-state index >= 15 is 0 Å². The van der Waals surface area contributed by atoms with Crippen LogP contribution in [-0.4, -0.2) is 43.6 Å². The SMILES string of the molecule is COC(=O)[C@H]1CCN(C(=O)NCCc2cc(F)ccc2F)C[C@H]1C. The number of hydrogen-bond acceptors (Lipinski definition) is 3. The van der Waals surface area contributed by atoms with Gasteiger partial charge in [-0.15, -0.1) is 0 Å². The minimum atomic E-state index is -0.503. The van der Waals surface area contributed by atoms with E-state index in [0.29, 0.717) is 19.5 Å². The molecule has 0 aliphatic carbocycles. The van der Waals surface area contributed by atoms with Crippen LogP contribution in [-0.2, 0) is 16.0 Å². The first-order valence-electron chi connectivity index (χ1n) is 7.97. The molecule has 132 valence electrons. The Hall–Kier alpha value is -2.18. The van der Waals surface area contributed by atoms with Crippen molar-refractivity contribution in [2.24, 2.45) is 11.8 Å². The van der Waals surface area contributed by atoms with E-state index in [-0.39, 0.29) is 42.4 Å². The molecule has 24 heavy (non-hydrogen) atoms. The van der Waals surface area contributed by atoms with E-state index in [4.69, 9.17) is 4.74 Å². The molecule has 2 atom stereocenters. The summed E-state index contributed by atoms with van der Waals surface area (Å²) in [7, 11) is 1.36. The molecule has 7 heteroatoms. The first-order chi connectivity index (χ1) is 11.4. The molecular formula is C17H22F2N2O3. The highest BCUT2D eigenvalue weighted by Gasteiger charge is 2.33. The maximum absolute atomic E-state index is 13.5. The summed E-state index contributed by atoms with van der Waals surface area (Å²) < 4.78 is 31.4. The molecule has 1 fully saturated rings. The van der Waals surface area contributed by atoms with Crippen LogP contribution in [0.2, 0.25) is 0 Å². The fourth-order valence-electron chi connectivity index (χ4n) is 2.98. The lowest BCUT2D eigenvalue weighted by Gasteiger charge is -2.35. The number of likely N-dealkylation sites (tertiary alicyclic amines) is 1. The number of nitrogens with zero attached hydrogens (tertiary/aromatic N) is 1. The van der Waals surface area contributed by atoms with Crippen molar-refractivity contribution in [1.82, 2.24) is 10.2 Å². The monoisotopic (exact) mass is 340 g/mol. The first kappa shape index (κ1) is 18.2. The van der Waals surface area contributed by atoms with Crippen molar-refractivity contribution in [1.29, 1.82) is 0 Å². The molecule has 0 unspecified atom stereocenters. The van der Waals surface area contributed by atoms with Gasteiger partial charge in [-0.2, -0.15) is 0 Å². The molecule has 1 heterocycles. The average Bonchev–Trinajstić information content (AvgIpc) is 2.57. The second-order valence-corrected chi connectivity index (χ2v) is 6.06. The fourth-order valence-corrected chi connectivity index (χ4v) is 2.98. The van der Waals surface area contributed by atoms with Gasteiger partial charge in [-0.3, -0.25) is 4.79 Å². The van der Waals surface area contributed by atoms with E-state index in [0.717, 1.165) is 18.2 Å². The molecule has 0 radical (unpaired) electrons. The number of methoxy groups -OCH3 is 1. The van der Waals surface area contributed by atoms with Crippen molar-refractivity contribution in [2.45, 2.75) is 19.8 Å². The van der Waals surface area contributed by atoms with E-state index in [9.17, 15) is 18.4 Å². The number of piperidine rings is 1. The lowest BCUT2D eigenvalue weighted by atomic mass is 9.87. The average molecular weight is 340 g/mol. The molecule has 2 rings (SSSR count). The summed E-state index contributed by atoms with van der Waals surface area (Å²) in [5.41, 5.74) is 0.230. The maximum atomic E-state index is 13.5. The van der Waals surface area contributed by atoms with Gasteiger partial charge in [0, 0.05) is 19.6 Å². The van der Waals surface area contributed by atoms with Crippen LogP contribution in [0.3, 0.4) is 0 Å². The van der Waals surface area contributed by atoms with Crippen LogP contribution in [0.4, 0.5) is 13.6 Å². The third-order valence-corrected chi connectivity index (χ3v) is 4.37. The van der Waals surface area contributed by atoms with Crippen LogP contribution in [0, 0.1) is 23.5 Å². The van der Waals surface area contributed by atoms with E-state index in [1.165, 1.54) is 7.11 Å². The van der Waals surface area contributed by atoms with Gasteiger partial charge in [0.1, 0.15) is 11.6 Å². The molecule has 1 N–H and O–H groups in total. The Kier molecular flexibility index (Phi) is 6.11. The van der Waals surface area contributed by atoms with Gasteiger partial charge in [-0.05, 0) is 42.5 Å². The quantitative estimate of drug-likeness (QED) is 0.856. The lowest BCUT2D eigenvalue weighted by Crippen LogP contribution is -2.49. The number of halogens is 2. The molecule has 0 saturated carbocycles. The smallest absolute Gasteiger partial charge is 0.317 e. The number of esters is 1.